The van der Waals surface area contributed by atoms with Crippen molar-refractivity contribution >= 4 is 17.1 Å². The summed E-state index contributed by atoms with van der Waals surface area (Å²) in [5.41, 5.74) is 5.12. The number of ether oxygens (including phenoxy) is 1. The molecule has 6 nitrogen and oxygen atoms in total. The lowest BCUT2D eigenvalue weighted by molar-refractivity contribution is -0.384. The number of hydrogen-bond acceptors (Lipinski definition) is 5. The number of benzene rings is 2. The van der Waals surface area contributed by atoms with Gasteiger partial charge < -0.3 is 4.74 Å². The van der Waals surface area contributed by atoms with Crippen LogP contribution in [0.4, 0.5) is 11.4 Å². The first kappa shape index (κ1) is 14.5. The van der Waals surface area contributed by atoms with Crippen molar-refractivity contribution in [3.8, 4) is 5.75 Å². The maximum absolute atomic E-state index is 10.7. The molecule has 0 aliphatic carbocycles. The maximum atomic E-state index is 10.7. The average Bonchev–Trinajstić information content (AvgIpc) is 2.53. The molecule has 108 valence electrons. The second-order valence-electron chi connectivity index (χ2n) is 4.34. The summed E-state index contributed by atoms with van der Waals surface area (Å²) >= 11 is 0. The molecule has 0 aliphatic rings. The fraction of sp³-hybridized carbons (Fsp3) is 0.133. The van der Waals surface area contributed by atoms with Gasteiger partial charge in [0.25, 0.3) is 5.69 Å². The van der Waals surface area contributed by atoms with E-state index in [-0.39, 0.29) is 5.69 Å². The molecule has 0 aromatic heterocycles. The predicted octanol–water partition coefficient (Wildman–Crippen LogP) is 3.44. The van der Waals surface area contributed by atoms with E-state index in [1.165, 1.54) is 12.1 Å². The van der Waals surface area contributed by atoms with Gasteiger partial charge in [0.05, 0.1) is 23.4 Å². The first-order chi connectivity index (χ1) is 10.1. The van der Waals surface area contributed by atoms with Crippen molar-refractivity contribution in [2.75, 3.05) is 12.5 Å². The molecule has 0 radical (unpaired) electrons. The van der Waals surface area contributed by atoms with Crippen molar-refractivity contribution in [3.63, 3.8) is 0 Å². The van der Waals surface area contributed by atoms with Crippen LogP contribution >= 0.6 is 0 Å². The molecule has 21 heavy (non-hydrogen) atoms. The Hall–Kier alpha value is -2.89. The van der Waals surface area contributed by atoms with Gasteiger partial charge in [-0.1, -0.05) is 6.07 Å². The molecular formula is C15H15N3O3. The van der Waals surface area contributed by atoms with Crippen LogP contribution < -0.4 is 10.2 Å². The van der Waals surface area contributed by atoms with Crippen molar-refractivity contribution < 1.29 is 9.66 Å². The number of methoxy groups -OCH3 is 1. The standard InChI is InChI=1S/C15H15N3O3/c1-11(12-6-8-15(21-2)9-7-12)16-17-13-4-3-5-14(10-13)18(19)20/h3-10,17H,1-2H3/b16-11-. The molecule has 0 heterocycles. The van der Waals surface area contributed by atoms with E-state index in [1.54, 1.807) is 19.2 Å². The van der Waals surface area contributed by atoms with Gasteiger partial charge in [-0.3, -0.25) is 15.5 Å². The number of non-ortho nitro benzene ring substituents is 1. The summed E-state index contributed by atoms with van der Waals surface area (Å²) in [6, 6.07) is 13.7. The van der Waals surface area contributed by atoms with E-state index >= 15 is 0 Å². The summed E-state index contributed by atoms with van der Waals surface area (Å²) in [6.07, 6.45) is 0. The number of nitrogens with one attached hydrogen (secondary N) is 1. The normalized spacial score (nSPS) is 11.0. The van der Waals surface area contributed by atoms with Crippen molar-refractivity contribution in [1.82, 2.24) is 0 Å². The number of nitrogens with zero attached hydrogens (tertiary/aromatic N) is 2. The van der Waals surface area contributed by atoms with Crippen molar-refractivity contribution in [1.29, 1.82) is 0 Å². The van der Waals surface area contributed by atoms with E-state index < -0.39 is 4.92 Å². The fourth-order valence-electron chi connectivity index (χ4n) is 1.73. The van der Waals surface area contributed by atoms with Gasteiger partial charge in [0.1, 0.15) is 5.75 Å². The highest BCUT2D eigenvalue weighted by molar-refractivity contribution is 5.99. The summed E-state index contributed by atoms with van der Waals surface area (Å²) in [6.45, 7) is 1.85. The molecule has 0 saturated heterocycles. The van der Waals surface area contributed by atoms with Gasteiger partial charge in [-0.25, -0.2) is 0 Å². The molecule has 0 spiro atoms. The number of anilines is 1. The monoisotopic (exact) mass is 285 g/mol. The topological polar surface area (TPSA) is 76.8 Å². The van der Waals surface area contributed by atoms with Crippen LogP contribution in [0, 0.1) is 10.1 Å². The van der Waals surface area contributed by atoms with Crippen LogP contribution in [0.1, 0.15) is 12.5 Å². The number of nitro groups is 1. The van der Waals surface area contributed by atoms with Crippen LogP contribution in [0.25, 0.3) is 0 Å². The Morgan fingerprint density at radius 3 is 2.57 bits per heavy atom. The van der Waals surface area contributed by atoms with Crippen LogP contribution in [0.5, 0.6) is 5.75 Å². The minimum Gasteiger partial charge on any atom is -0.497 e. The third kappa shape index (κ3) is 3.79. The van der Waals surface area contributed by atoms with Gasteiger partial charge in [0, 0.05) is 12.1 Å². The van der Waals surface area contributed by atoms with E-state index in [0.29, 0.717) is 5.69 Å². The van der Waals surface area contributed by atoms with Crippen molar-refractivity contribution in [2.45, 2.75) is 6.92 Å². The van der Waals surface area contributed by atoms with Gasteiger partial charge in [-0.15, -0.1) is 0 Å². The Bertz CT molecular complexity index is 666. The van der Waals surface area contributed by atoms with Crippen LogP contribution in [0.15, 0.2) is 53.6 Å². The van der Waals surface area contributed by atoms with E-state index in [1.807, 2.05) is 31.2 Å². The Morgan fingerprint density at radius 2 is 1.95 bits per heavy atom. The molecular weight excluding hydrogens is 270 g/mol. The quantitative estimate of drug-likeness (QED) is 0.518. The van der Waals surface area contributed by atoms with Gasteiger partial charge in [0.2, 0.25) is 0 Å². The highest BCUT2D eigenvalue weighted by Gasteiger charge is 2.05. The van der Waals surface area contributed by atoms with Gasteiger partial charge in [-0.2, -0.15) is 5.10 Å². The highest BCUT2D eigenvalue weighted by atomic mass is 16.6. The molecule has 6 heteroatoms. The molecule has 0 unspecified atom stereocenters. The Balaban J connectivity index is 2.12. The molecule has 0 aliphatic heterocycles. The van der Waals surface area contributed by atoms with Gasteiger partial charge >= 0.3 is 0 Å². The first-order valence-electron chi connectivity index (χ1n) is 6.29. The van der Waals surface area contributed by atoms with Crippen LogP contribution in [0.3, 0.4) is 0 Å². The smallest absolute Gasteiger partial charge is 0.271 e. The molecule has 2 aromatic rings. The largest absolute Gasteiger partial charge is 0.497 e. The molecule has 0 amide bonds. The summed E-state index contributed by atoms with van der Waals surface area (Å²) in [5.74, 6) is 0.776. The Labute approximate surface area is 122 Å². The highest BCUT2D eigenvalue weighted by Crippen LogP contribution is 2.17. The SMILES string of the molecule is COc1ccc(/C(C)=N\Nc2cccc([N+](=O)[O-])c2)cc1. The molecule has 0 bridgehead atoms. The van der Waals surface area contributed by atoms with Crippen LogP contribution in [0.2, 0.25) is 0 Å². The lowest BCUT2D eigenvalue weighted by Gasteiger charge is -2.05. The zero-order valence-corrected chi connectivity index (χ0v) is 11.7. The summed E-state index contributed by atoms with van der Waals surface area (Å²) in [4.78, 5) is 10.3. The molecule has 2 aromatic carbocycles. The summed E-state index contributed by atoms with van der Waals surface area (Å²) in [7, 11) is 1.61. The van der Waals surface area contributed by atoms with Crippen molar-refractivity contribution in [2.24, 2.45) is 5.10 Å². The average molecular weight is 285 g/mol. The number of rotatable bonds is 5. The van der Waals surface area contributed by atoms with Crippen LogP contribution in [-0.2, 0) is 0 Å². The minimum absolute atomic E-state index is 0.0253. The lowest BCUT2D eigenvalue weighted by Crippen LogP contribution is -2.00. The first-order valence-corrected chi connectivity index (χ1v) is 6.29. The predicted molar refractivity (Wildman–Crippen MR) is 81.9 cm³/mol. The van der Waals surface area contributed by atoms with E-state index in [2.05, 4.69) is 10.5 Å². The minimum atomic E-state index is -0.439. The molecule has 0 atom stereocenters. The third-order valence-corrected chi connectivity index (χ3v) is 2.92. The number of nitro benzene ring substituents is 1. The zero-order chi connectivity index (χ0) is 15.2. The molecule has 0 saturated carbocycles. The summed E-state index contributed by atoms with van der Waals surface area (Å²) in [5, 5.41) is 14.9. The number of hydrazone groups is 1. The van der Waals surface area contributed by atoms with Gasteiger partial charge in [-0.05, 0) is 42.8 Å². The lowest BCUT2D eigenvalue weighted by atomic mass is 10.1. The molecule has 2 rings (SSSR count). The second-order valence-corrected chi connectivity index (χ2v) is 4.34. The van der Waals surface area contributed by atoms with E-state index in [0.717, 1.165) is 17.0 Å². The zero-order valence-electron chi connectivity index (χ0n) is 11.7. The van der Waals surface area contributed by atoms with E-state index in [9.17, 15) is 10.1 Å². The fourth-order valence-corrected chi connectivity index (χ4v) is 1.73. The van der Waals surface area contributed by atoms with Crippen molar-refractivity contribution in [3.05, 3.63) is 64.2 Å². The molecule has 1 N–H and O–H groups in total. The molecule has 0 fully saturated rings. The second kappa shape index (κ2) is 6.51. The maximum Gasteiger partial charge on any atom is 0.271 e. The Morgan fingerprint density at radius 1 is 1.24 bits per heavy atom. The summed E-state index contributed by atoms with van der Waals surface area (Å²) < 4.78 is 5.09. The number of hydrogen-bond donors (Lipinski definition) is 1. The van der Waals surface area contributed by atoms with Gasteiger partial charge in [0.15, 0.2) is 0 Å². The Kier molecular flexibility index (Phi) is 4.50. The van der Waals surface area contributed by atoms with E-state index in [4.69, 9.17) is 4.74 Å². The van der Waals surface area contributed by atoms with Crippen LogP contribution in [-0.4, -0.2) is 17.7 Å². The third-order valence-electron chi connectivity index (χ3n) is 2.92.